The summed E-state index contributed by atoms with van der Waals surface area (Å²) in [6.45, 7) is 2.42. The predicted octanol–water partition coefficient (Wildman–Crippen LogP) is 2.94. The van der Waals surface area contributed by atoms with E-state index in [0.29, 0.717) is 23.6 Å². The van der Waals surface area contributed by atoms with Crippen molar-refractivity contribution in [3.05, 3.63) is 54.1 Å². The second-order valence-corrected chi connectivity index (χ2v) is 4.42. The number of hydrogen-bond acceptors (Lipinski definition) is 3. The Labute approximate surface area is 118 Å². The second-order valence-electron chi connectivity index (χ2n) is 4.42. The van der Waals surface area contributed by atoms with Gasteiger partial charge < -0.3 is 15.4 Å². The topological polar surface area (TPSA) is 55.6 Å². The zero-order valence-electron chi connectivity index (χ0n) is 11.7. The summed E-state index contributed by atoms with van der Waals surface area (Å²) in [5.41, 5.74) is 7.68. The maximum atomic E-state index is 12.5. The van der Waals surface area contributed by atoms with Gasteiger partial charge in [-0.3, -0.25) is 4.79 Å². The minimum atomic E-state index is -0.121. The third-order valence-electron chi connectivity index (χ3n) is 2.93. The van der Waals surface area contributed by atoms with Gasteiger partial charge in [0.05, 0.1) is 6.61 Å². The van der Waals surface area contributed by atoms with Crippen LogP contribution in [0.2, 0.25) is 0 Å². The number of amides is 1. The van der Waals surface area contributed by atoms with Crippen molar-refractivity contribution in [2.24, 2.45) is 0 Å². The Morgan fingerprint density at radius 1 is 1.20 bits per heavy atom. The molecule has 2 aromatic rings. The first-order valence-electron chi connectivity index (χ1n) is 6.48. The highest BCUT2D eigenvalue weighted by atomic mass is 16.5. The van der Waals surface area contributed by atoms with E-state index in [4.69, 9.17) is 10.5 Å². The van der Waals surface area contributed by atoms with Crippen LogP contribution in [0.3, 0.4) is 0 Å². The average molecular weight is 270 g/mol. The van der Waals surface area contributed by atoms with Crippen LogP contribution in [0, 0.1) is 0 Å². The van der Waals surface area contributed by atoms with Crippen molar-refractivity contribution in [3.63, 3.8) is 0 Å². The fourth-order valence-corrected chi connectivity index (χ4v) is 1.96. The molecule has 104 valence electrons. The smallest absolute Gasteiger partial charge is 0.258 e. The summed E-state index contributed by atoms with van der Waals surface area (Å²) in [6, 6.07) is 14.5. The molecule has 0 radical (unpaired) electrons. The molecule has 2 N–H and O–H groups in total. The molecule has 1 amide bonds. The largest absolute Gasteiger partial charge is 0.494 e. The van der Waals surface area contributed by atoms with Gasteiger partial charge in [0.15, 0.2) is 0 Å². The van der Waals surface area contributed by atoms with E-state index in [1.165, 1.54) is 0 Å². The first-order chi connectivity index (χ1) is 9.61. The molecule has 0 aliphatic rings. The van der Waals surface area contributed by atoms with Gasteiger partial charge in [0, 0.05) is 30.1 Å². The Kier molecular flexibility index (Phi) is 4.25. The van der Waals surface area contributed by atoms with E-state index in [1.807, 2.05) is 37.3 Å². The molecule has 20 heavy (non-hydrogen) atoms. The van der Waals surface area contributed by atoms with Gasteiger partial charge >= 0.3 is 0 Å². The van der Waals surface area contributed by atoms with Crippen LogP contribution in [-0.4, -0.2) is 19.6 Å². The van der Waals surface area contributed by atoms with Crippen molar-refractivity contribution in [1.82, 2.24) is 0 Å². The maximum Gasteiger partial charge on any atom is 0.258 e. The van der Waals surface area contributed by atoms with Crippen molar-refractivity contribution in [2.45, 2.75) is 6.92 Å². The first-order valence-corrected chi connectivity index (χ1v) is 6.48. The second kappa shape index (κ2) is 6.10. The minimum absolute atomic E-state index is 0.121. The number of carbonyl (C=O) groups excluding carboxylic acids is 1. The van der Waals surface area contributed by atoms with Crippen LogP contribution in [0.15, 0.2) is 48.5 Å². The Bertz CT molecular complexity index is 597. The number of hydrogen-bond donors (Lipinski definition) is 1. The molecule has 0 aliphatic carbocycles. The van der Waals surface area contributed by atoms with Crippen LogP contribution in [0.25, 0.3) is 0 Å². The Hall–Kier alpha value is -2.49. The molecule has 2 aromatic carbocycles. The molecule has 4 nitrogen and oxygen atoms in total. The average Bonchev–Trinajstić information content (AvgIpc) is 2.46. The number of nitrogens with two attached hydrogens (primary N) is 1. The fraction of sp³-hybridized carbons (Fsp3) is 0.188. The van der Waals surface area contributed by atoms with Gasteiger partial charge in [-0.15, -0.1) is 0 Å². The van der Waals surface area contributed by atoms with Gasteiger partial charge in [0.25, 0.3) is 5.91 Å². The number of nitrogen functional groups attached to an aromatic ring is 1. The summed E-state index contributed by atoms with van der Waals surface area (Å²) in [5.74, 6) is 0.488. The highest BCUT2D eigenvalue weighted by Crippen LogP contribution is 2.22. The lowest BCUT2D eigenvalue weighted by Gasteiger charge is -2.18. The Balaban J connectivity index is 2.29. The number of ether oxygens (including phenoxy) is 1. The molecule has 0 saturated carbocycles. The monoisotopic (exact) mass is 270 g/mol. The lowest BCUT2D eigenvalue weighted by Crippen LogP contribution is -2.26. The van der Waals surface area contributed by atoms with Gasteiger partial charge in [-0.2, -0.15) is 0 Å². The summed E-state index contributed by atoms with van der Waals surface area (Å²) in [4.78, 5) is 14.1. The molecule has 0 heterocycles. The quantitative estimate of drug-likeness (QED) is 0.869. The highest BCUT2D eigenvalue weighted by molar-refractivity contribution is 6.06. The van der Waals surface area contributed by atoms with Gasteiger partial charge in [-0.05, 0) is 31.2 Å². The zero-order valence-corrected chi connectivity index (χ0v) is 11.7. The number of rotatable bonds is 4. The molecule has 0 saturated heterocycles. The molecular weight excluding hydrogens is 252 g/mol. The summed E-state index contributed by atoms with van der Waals surface area (Å²) >= 11 is 0. The van der Waals surface area contributed by atoms with Crippen LogP contribution in [0.1, 0.15) is 17.3 Å². The van der Waals surface area contributed by atoms with Crippen molar-refractivity contribution in [2.75, 3.05) is 24.3 Å². The van der Waals surface area contributed by atoms with E-state index < -0.39 is 0 Å². The van der Waals surface area contributed by atoms with Crippen molar-refractivity contribution < 1.29 is 9.53 Å². The molecule has 0 atom stereocenters. The molecule has 0 aromatic heterocycles. The van der Waals surface area contributed by atoms with Gasteiger partial charge in [-0.25, -0.2) is 0 Å². The standard InChI is InChI=1S/C16H18N2O2/c1-3-20-15-10-12(9-13(17)11-15)16(19)18(2)14-7-5-4-6-8-14/h4-11H,3,17H2,1-2H3. The van der Waals surface area contributed by atoms with Crippen LogP contribution in [0.5, 0.6) is 5.75 Å². The molecule has 4 heteroatoms. The molecular formula is C16H18N2O2. The lowest BCUT2D eigenvalue weighted by molar-refractivity contribution is 0.0992. The minimum Gasteiger partial charge on any atom is -0.494 e. The van der Waals surface area contributed by atoms with Crippen molar-refractivity contribution in [1.29, 1.82) is 0 Å². The number of benzene rings is 2. The summed E-state index contributed by atoms with van der Waals surface area (Å²) < 4.78 is 5.41. The van der Waals surface area contributed by atoms with Crippen LogP contribution in [0.4, 0.5) is 11.4 Å². The number of carbonyl (C=O) groups is 1. The van der Waals surface area contributed by atoms with Gasteiger partial charge in [0.1, 0.15) is 5.75 Å². The fourth-order valence-electron chi connectivity index (χ4n) is 1.96. The van der Waals surface area contributed by atoms with E-state index in [2.05, 4.69) is 0 Å². The molecule has 0 fully saturated rings. The highest BCUT2D eigenvalue weighted by Gasteiger charge is 2.14. The Morgan fingerprint density at radius 2 is 1.90 bits per heavy atom. The normalized spacial score (nSPS) is 10.1. The molecule has 0 bridgehead atoms. The maximum absolute atomic E-state index is 12.5. The predicted molar refractivity (Wildman–Crippen MR) is 81.2 cm³/mol. The first kappa shape index (κ1) is 13.9. The van der Waals surface area contributed by atoms with Crippen molar-refractivity contribution in [3.8, 4) is 5.75 Å². The van der Waals surface area contributed by atoms with Gasteiger partial charge in [0.2, 0.25) is 0 Å². The summed E-state index contributed by atoms with van der Waals surface area (Å²) in [7, 11) is 1.74. The van der Waals surface area contributed by atoms with Crippen LogP contribution >= 0.6 is 0 Å². The van der Waals surface area contributed by atoms with E-state index in [-0.39, 0.29) is 5.91 Å². The molecule has 2 rings (SSSR count). The SMILES string of the molecule is CCOc1cc(N)cc(C(=O)N(C)c2ccccc2)c1. The van der Waals surface area contributed by atoms with E-state index in [1.54, 1.807) is 30.1 Å². The number of para-hydroxylation sites is 1. The zero-order chi connectivity index (χ0) is 14.5. The lowest BCUT2D eigenvalue weighted by atomic mass is 10.1. The summed E-state index contributed by atoms with van der Waals surface area (Å²) in [6.07, 6.45) is 0. The van der Waals surface area contributed by atoms with E-state index in [9.17, 15) is 4.79 Å². The summed E-state index contributed by atoms with van der Waals surface area (Å²) in [5, 5.41) is 0. The van der Waals surface area contributed by atoms with Crippen LogP contribution in [-0.2, 0) is 0 Å². The number of anilines is 2. The van der Waals surface area contributed by atoms with Gasteiger partial charge in [-0.1, -0.05) is 18.2 Å². The molecule has 0 unspecified atom stereocenters. The third kappa shape index (κ3) is 3.09. The molecule has 0 aliphatic heterocycles. The van der Waals surface area contributed by atoms with E-state index in [0.717, 1.165) is 5.69 Å². The number of nitrogens with zero attached hydrogens (tertiary/aromatic N) is 1. The van der Waals surface area contributed by atoms with Crippen molar-refractivity contribution >= 4 is 17.3 Å². The van der Waals surface area contributed by atoms with Crippen LogP contribution < -0.4 is 15.4 Å². The Morgan fingerprint density at radius 3 is 2.55 bits per heavy atom. The third-order valence-corrected chi connectivity index (χ3v) is 2.93. The van der Waals surface area contributed by atoms with E-state index >= 15 is 0 Å². The molecule has 0 spiro atoms.